The van der Waals surface area contributed by atoms with Gasteiger partial charge in [-0.25, -0.2) is 14.6 Å². The van der Waals surface area contributed by atoms with E-state index in [1.807, 2.05) is 0 Å². The van der Waals surface area contributed by atoms with Gasteiger partial charge in [0.05, 0.1) is 0 Å². The van der Waals surface area contributed by atoms with Crippen LogP contribution >= 0.6 is 23.4 Å². The van der Waals surface area contributed by atoms with E-state index in [9.17, 15) is 0 Å². The lowest BCUT2D eigenvalue weighted by Gasteiger charge is -2.03. The van der Waals surface area contributed by atoms with Crippen LogP contribution in [0.2, 0.25) is 5.28 Å². The SMILES string of the molecule is Cn1ncnc1Sc1nc(Cl)nc(-n2ccnc2)n1. The number of hydrogen-bond donors (Lipinski definition) is 0. The summed E-state index contributed by atoms with van der Waals surface area (Å²) in [5.74, 6) is 0.405. The highest BCUT2D eigenvalue weighted by Crippen LogP contribution is 2.22. The van der Waals surface area contributed by atoms with Crippen molar-refractivity contribution in [3.8, 4) is 5.95 Å². The number of nitrogens with zero attached hydrogens (tertiary/aromatic N) is 8. The first kappa shape index (κ1) is 12.1. The minimum atomic E-state index is 0.114. The van der Waals surface area contributed by atoms with E-state index in [1.165, 1.54) is 18.1 Å². The monoisotopic (exact) mass is 294 g/mol. The van der Waals surface area contributed by atoms with Crippen molar-refractivity contribution >= 4 is 23.4 Å². The standard InChI is InChI=1S/C9H7ClN8S/c1-17-9(12-4-13-17)19-8-15-6(10)14-7(16-8)18-3-2-11-5-18/h2-5H,1H3. The summed E-state index contributed by atoms with van der Waals surface area (Å²) in [5, 5.41) is 5.20. The molecule has 0 bridgehead atoms. The number of aryl methyl sites for hydroxylation is 1. The summed E-state index contributed by atoms with van der Waals surface area (Å²) in [6.45, 7) is 0. The molecular weight excluding hydrogens is 288 g/mol. The molecule has 10 heteroatoms. The maximum absolute atomic E-state index is 5.89. The van der Waals surface area contributed by atoms with Crippen LogP contribution in [0.4, 0.5) is 0 Å². The maximum Gasteiger partial charge on any atom is 0.240 e. The molecule has 0 saturated heterocycles. The molecule has 19 heavy (non-hydrogen) atoms. The van der Waals surface area contributed by atoms with Crippen molar-refractivity contribution in [1.29, 1.82) is 0 Å². The number of rotatable bonds is 3. The van der Waals surface area contributed by atoms with Crippen LogP contribution in [0.5, 0.6) is 0 Å². The van der Waals surface area contributed by atoms with Gasteiger partial charge >= 0.3 is 0 Å². The van der Waals surface area contributed by atoms with Crippen molar-refractivity contribution in [2.45, 2.75) is 10.3 Å². The fourth-order valence-electron chi connectivity index (χ4n) is 1.32. The van der Waals surface area contributed by atoms with Crippen LogP contribution in [0.3, 0.4) is 0 Å². The van der Waals surface area contributed by atoms with E-state index in [4.69, 9.17) is 11.6 Å². The van der Waals surface area contributed by atoms with E-state index < -0.39 is 0 Å². The second kappa shape index (κ2) is 4.94. The molecule has 0 atom stereocenters. The Morgan fingerprint density at radius 2 is 2.16 bits per heavy atom. The van der Waals surface area contributed by atoms with E-state index in [0.29, 0.717) is 16.3 Å². The zero-order valence-corrected chi connectivity index (χ0v) is 11.2. The summed E-state index contributed by atoms with van der Waals surface area (Å²) in [6, 6.07) is 0. The fourth-order valence-corrected chi connectivity index (χ4v) is 2.23. The van der Waals surface area contributed by atoms with Gasteiger partial charge in [-0.1, -0.05) is 0 Å². The van der Waals surface area contributed by atoms with Gasteiger partial charge < -0.3 is 0 Å². The molecule has 8 nitrogen and oxygen atoms in total. The average Bonchev–Trinajstić information content (AvgIpc) is 3.01. The third-order valence-corrected chi connectivity index (χ3v) is 3.25. The van der Waals surface area contributed by atoms with Gasteiger partial charge in [0.2, 0.25) is 16.4 Å². The summed E-state index contributed by atoms with van der Waals surface area (Å²) in [5.41, 5.74) is 0. The predicted octanol–water partition coefficient (Wildman–Crippen LogP) is 0.990. The molecule has 0 radical (unpaired) electrons. The highest BCUT2D eigenvalue weighted by molar-refractivity contribution is 7.99. The van der Waals surface area contributed by atoms with Crippen LogP contribution in [-0.2, 0) is 7.05 Å². The molecule has 0 N–H and O–H groups in total. The van der Waals surface area contributed by atoms with Crippen molar-refractivity contribution in [3.05, 3.63) is 30.3 Å². The van der Waals surface area contributed by atoms with E-state index in [1.54, 1.807) is 35.0 Å². The molecule has 96 valence electrons. The lowest BCUT2D eigenvalue weighted by molar-refractivity contribution is 0.682. The maximum atomic E-state index is 5.89. The molecule has 0 amide bonds. The lowest BCUT2D eigenvalue weighted by Crippen LogP contribution is -2.03. The third-order valence-electron chi connectivity index (χ3n) is 2.16. The Morgan fingerprint density at radius 3 is 2.84 bits per heavy atom. The number of imidazole rings is 1. The molecule has 0 aromatic carbocycles. The number of halogens is 1. The zero-order valence-electron chi connectivity index (χ0n) is 9.67. The minimum absolute atomic E-state index is 0.114. The zero-order chi connectivity index (χ0) is 13.2. The summed E-state index contributed by atoms with van der Waals surface area (Å²) in [6.07, 6.45) is 6.40. The molecule has 0 saturated carbocycles. The minimum Gasteiger partial charge on any atom is -0.274 e. The Kier molecular flexibility index (Phi) is 3.13. The van der Waals surface area contributed by atoms with Gasteiger partial charge in [0.25, 0.3) is 0 Å². The summed E-state index contributed by atoms with van der Waals surface area (Å²) in [7, 11) is 1.79. The summed E-state index contributed by atoms with van der Waals surface area (Å²) < 4.78 is 3.27. The molecule has 3 aromatic rings. The van der Waals surface area contributed by atoms with Crippen molar-refractivity contribution < 1.29 is 0 Å². The molecule has 0 aliphatic rings. The van der Waals surface area contributed by atoms with Crippen LogP contribution < -0.4 is 0 Å². The fraction of sp³-hybridized carbons (Fsp3) is 0.111. The molecule has 0 spiro atoms. The van der Waals surface area contributed by atoms with E-state index in [0.717, 1.165) is 0 Å². The Balaban J connectivity index is 1.96. The van der Waals surface area contributed by atoms with Gasteiger partial charge in [0.15, 0.2) is 5.16 Å². The van der Waals surface area contributed by atoms with Crippen molar-refractivity contribution in [1.82, 2.24) is 39.3 Å². The van der Waals surface area contributed by atoms with Gasteiger partial charge in [-0.2, -0.15) is 20.1 Å². The smallest absolute Gasteiger partial charge is 0.240 e. The van der Waals surface area contributed by atoms with Gasteiger partial charge in [-0.05, 0) is 23.4 Å². The first-order chi connectivity index (χ1) is 9.22. The lowest BCUT2D eigenvalue weighted by atomic mass is 10.8. The van der Waals surface area contributed by atoms with Gasteiger partial charge in [0.1, 0.15) is 12.7 Å². The summed E-state index contributed by atoms with van der Waals surface area (Å²) in [4.78, 5) is 20.4. The number of aromatic nitrogens is 8. The van der Waals surface area contributed by atoms with Crippen LogP contribution in [0, 0.1) is 0 Å². The topological polar surface area (TPSA) is 87.2 Å². The van der Waals surface area contributed by atoms with E-state index >= 15 is 0 Å². The van der Waals surface area contributed by atoms with Gasteiger partial charge in [0, 0.05) is 19.4 Å². The average molecular weight is 295 g/mol. The molecule has 0 unspecified atom stereocenters. The second-order valence-corrected chi connectivity index (χ2v) is 4.70. The quantitative estimate of drug-likeness (QED) is 0.712. The van der Waals surface area contributed by atoms with Crippen molar-refractivity contribution in [2.75, 3.05) is 0 Å². The summed E-state index contributed by atoms with van der Waals surface area (Å²) >= 11 is 7.15. The number of hydrogen-bond acceptors (Lipinski definition) is 7. The highest BCUT2D eigenvalue weighted by Gasteiger charge is 2.11. The first-order valence-corrected chi connectivity index (χ1v) is 6.33. The van der Waals surface area contributed by atoms with Crippen LogP contribution in [0.15, 0.2) is 35.4 Å². The second-order valence-electron chi connectivity index (χ2n) is 3.43. The van der Waals surface area contributed by atoms with Crippen molar-refractivity contribution in [2.24, 2.45) is 7.05 Å². The van der Waals surface area contributed by atoms with Crippen LogP contribution in [0.25, 0.3) is 5.95 Å². The van der Waals surface area contributed by atoms with E-state index in [2.05, 4.69) is 30.0 Å². The highest BCUT2D eigenvalue weighted by atomic mass is 35.5. The van der Waals surface area contributed by atoms with Gasteiger partial charge in [-0.3, -0.25) is 4.57 Å². The first-order valence-electron chi connectivity index (χ1n) is 5.14. The van der Waals surface area contributed by atoms with Gasteiger partial charge in [-0.15, -0.1) is 0 Å². The van der Waals surface area contributed by atoms with Crippen LogP contribution in [0.1, 0.15) is 0 Å². The molecule has 3 heterocycles. The largest absolute Gasteiger partial charge is 0.274 e. The third kappa shape index (κ3) is 2.56. The Hall–Kier alpha value is -2.00. The van der Waals surface area contributed by atoms with Crippen molar-refractivity contribution in [3.63, 3.8) is 0 Å². The Morgan fingerprint density at radius 1 is 1.26 bits per heavy atom. The Bertz CT molecular complexity index is 694. The Labute approximate surface area is 116 Å². The molecule has 3 rings (SSSR count). The normalized spacial score (nSPS) is 10.8. The molecule has 0 fully saturated rings. The van der Waals surface area contributed by atoms with E-state index in [-0.39, 0.29) is 5.28 Å². The van der Waals surface area contributed by atoms with Crippen LogP contribution in [-0.4, -0.2) is 39.3 Å². The molecule has 3 aromatic heterocycles. The molecule has 0 aliphatic heterocycles. The molecule has 0 aliphatic carbocycles. The predicted molar refractivity (Wildman–Crippen MR) is 67.1 cm³/mol. The molecular formula is C9H7ClN8S.